The number of halogens is 2. The van der Waals surface area contributed by atoms with Crippen LogP contribution in [-0.4, -0.2) is 17.7 Å². The van der Waals surface area contributed by atoms with Crippen LogP contribution in [-0.2, 0) is 0 Å². The van der Waals surface area contributed by atoms with Crippen LogP contribution in [0.3, 0.4) is 0 Å². The van der Waals surface area contributed by atoms with Crippen LogP contribution in [0.5, 0.6) is 11.5 Å². The normalized spacial score (nSPS) is 11.9. The second kappa shape index (κ2) is 6.91. The van der Waals surface area contributed by atoms with E-state index in [-0.39, 0.29) is 23.9 Å². The minimum Gasteiger partial charge on any atom is -0.454 e. The average molecular weight is 369 g/mol. The van der Waals surface area contributed by atoms with E-state index in [0.717, 1.165) is 12.1 Å². The van der Waals surface area contributed by atoms with E-state index in [1.54, 1.807) is 18.2 Å². The van der Waals surface area contributed by atoms with Gasteiger partial charge in [0.1, 0.15) is 23.1 Å². The van der Waals surface area contributed by atoms with Crippen molar-refractivity contribution >= 4 is 23.1 Å². The van der Waals surface area contributed by atoms with Gasteiger partial charge in [-0.3, -0.25) is 4.79 Å². The van der Waals surface area contributed by atoms with Gasteiger partial charge in [-0.2, -0.15) is 0 Å². The molecule has 1 aliphatic heterocycles. The van der Waals surface area contributed by atoms with Crippen molar-refractivity contribution in [3.05, 3.63) is 71.9 Å². The first-order valence-electron chi connectivity index (χ1n) is 7.98. The topological polar surface area (TPSA) is 72.5 Å². The maximum absolute atomic E-state index is 13.8. The maximum atomic E-state index is 13.8. The molecule has 2 heterocycles. The molecule has 4 rings (SSSR count). The number of ether oxygens (including phenoxy) is 2. The van der Waals surface area contributed by atoms with Crippen molar-refractivity contribution in [1.29, 1.82) is 0 Å². The number of pyridine rings is 1. The van der Waals surface area contributed by atoms with Crippen molar-refractivity contribution in [3.63, 3.8) is 0 Å². The molecular formula is C19H13F2N3O3. The molecule has 0 aliphatic carbocycles. The van der Waals surface area contributed by atoms with Gasteiger partial charge in [-0.1, -0.05) is 6.07 Å². The van der Waals surface area contributed by atoms with E-state index >= 15 is 0 Å². The summed E-state index contributed by atoms with van der Waals surface area (Å²) in [5.41, 5.74) is 0.455. The molecule has 1 aromatic heterocycles. The smallest absolute Gasteiger partial charge is 0.255 e. The molecule has 0 spiro atoms. The summed E-state index contributed by atoms with van der Waals surface area (Å²) < 4.78 is 38.0. The highest BCUT2D eigenvalue weighted by atomic mass is 19.1. The second-order valence-electron chi connectivity index (χ2n) is 5.67. The van der Waals surface area contributed by atoms with Gasteiger partial charge in [-0.05, 0) is 36.4 Å². The van der Waals surface area contributed by atoms with Crippen molar-refractivity contribution < 1.29 is 23.0 Å². The van der Waals surface area contributed by atoms with E-state index in [9.17, 15) is 13.6 Å². The molecule has 136 valence electrons. The van der Waals surface area contributed by atoms with E-state index in [1.165, 1.54) is 24.4 Å². The van der Waals surface area contributed by atoms with Crippen LogP contribution in [0.1, 0.15) is 10.4 Å². The van der Waals surface area contributed by atoms with E-state index in [2.05, 4.69) is 15.6 Å². The molecule has 0 bridgehead atoms. The van der Waals surface area contributed by atoms with Gasteiger partial charge in [0.2, 0.25) is 6.79 Å². The monoisotopic (exact) mass is 369 g/mol. The molecule has 0 atom stereocenters. The third-order valence-electron chi connectivity index (χ3n) is 3.87. The molecule has 0 saturated carbocycles. The highest BCUT2D eigenvalue weighted by molar-refractivity contribution is 6.04. The summed E-state index contributed by atoms with van der Waals surface area (Å²) in [6.45, 7) is 0.138. The third kappa shape index (κ3) is 3.50. The molecule has 6 nitrogen and oxygen atoms in total. The zero-order chi connectivity index (χ0) is 18.8. The molecule has 2 aromatic carbocycles. The molecule has 27 heavy (non-hydrogen) atoms. The first kappa shape index (κ1) is 16.8. The molecule has 1 aliphatic rings. The van der Waals surface area contributed by atoms with Gasteiger partial charge >= 0.3 is 0 Å². The minimum absolute atomic E-state index is 0.136. The molecule has 3 aromatic rings. The number of nitrogens with one attached hydrogen (secondary N) is 2. The number of rotatable bonds is 4. The van der Waals surface area contributed by atoms with Crippen molar-refractivity contribution in [3.8, 4) is 11.5 Å². The van der Waals surface area contributed by atoms with Crippen molar-refractivity contribution in [2.75, 3.05) is 17.4 Å². The Morgan fingerprint density at radius 1 is 1.00 bits per heavy atom. The van der Waals surface area contributed by atoms with Crippen molar-refractivity contribution in [2.45, 2.75) is 0 Å². The predicted octanol–water partition coefficient (Wildman–Crippen LogP) is 4.08. The van der Waals surface area contributed by atoms with Crippen LogP contribution in [0, 0.1) is 11.6 Å². The van der Waals surface area contributed by atoms with Crippen LogP contribution in [0.4, 0.5) is 26.0 Å². The lowest BCUT2D eigenvalue weighted by Gasteiger charge is -2.10. The first-order valence-corrected chi connectivity index (χ1v) is 7.98. The number of carbonyl (C=O) groups is 1. The molecule has 2 N–H and O–H groups in total. The number of hydrogen-bond acceptors (Lipinski definition) is 5. The van der Waals surface area contributed by atoms with Crippen molar-refractivity contribution in [2.24, 2.45) is 0 Å². The lowest BCUT2D eigenvalue weighted by atomic mass is 10.2. The number of nitrogens with zero attached hydrogens (tertiary/aromatic N) is 1. The van der Waals surface area contributed by atoms with Gasteiger partial charge in [-0.15, -0.1) is 0 Å². The fourth-order valence-corrected chi connectivity index (χ4v) is 2.56. The zero-order valence-corrected chi connectivity index (χ0v) is 13.8. The Morgan fingerprint density at radius 3 is 2.59 bits per heavy atom. The Hall–Kier alpha value is -3.68. The number of para-hydroxylation sites is 1. The summed E-state index contributed by atoms with van der Waals surface area (Å²) in [6, 6.07) is 11.4. The van der Waals surface area contributed by atoms with Crippen LogP contribution in [0.25, 0.3) is 0 Å². The van der Waals surface area contributed by atoms with E-state index < -0.39 is 17.5 Å². The quantitative estimate of drug-likeness (QED) is 0.725. The van der Waals surface area contributed by atoms with Crippen LogP contribution >= 0.6 is 0 Å². The minimum atomic E-state index is -0.757. The van der Waals surface area contributed by atoms with Gasteiger partial charge in [0, 0.05) is 23.5 Å². The number of anilines is 3. The van der Waals surface area contributed by atoms with Gasteiger partial charge < -0.3 is 20.1 Å². The van der Waals surface area contributed by atoms with Crippen LogP contribution in [0.2, 0.25) is 0 Å². The summed E-state index contributed by atoms with van der Waals surface area (Å²) in [7, 11) is 0. The largest absolute Gasteiger partial charge is 0.454 e. The fraction of sp³-hybridized carbons (Fsp3) is 0.0526. The molecule has 0 saturated heterocycles. The number of fused-ring (bicyclic) bond motifs is 1. The van der Waals surface area contributed by atoms with E-state index in [1.807, 2.05) is 0 Å². The molecular weight excluding hydrogens is 356 g/mol. The lowest BCUT2D eigenvalue weighted by Crippen LogP contribution is -2.12. The van der Waals surface area contributed by atoms with Gasteiger partial charge in [0.25, 0.3) is 5.91 Å². The van der Waals surface area contributed by atoms with Crippen LogP contribution in [0.15, 0.2) is 54.7 Å². The highest BCUT2D eigenvalue weighted by Crippen LogP contribution is 2.34. The summed E-state index contributed by atoms with van der Waals surface area (Å²) in [6.07, 6.45) is 1.37. The summed E-state index contributed by atoms with van der Waals surface area (Å²) >= 11 is 0. The second-order valence-corrected chi connectivity index (χ2v) is 5.67. The number of benzene rings is 2. The Morgan fingerprint density at radius 2 is 1.78 bits per heavy atom. The molecule has 1 amide bonds. The Kier molecular flexibility index (Phi) is 4.29. The van der Waals surface area contributed by atoms with Gasteiger partial charge in [0.05, 0.1) is 0 Å². The lowest BCUT2D eigenvalue weighted by molar-refractivity contribution is 0.102. The fourth-order valence-electron chi connectivity index (χ4n) is 2.56. The predicted molar refractivity (Wildman–Crippen MR) is 94.4 cm³/mol. The summed E-state index contributed by atoms with van der Waals surface area (Å²) in [4.78, 5) is 16.5. The Balaban J connectivity index is 1.52. The van der Waals surface area contributed by atoms with Crippen molar-refractivity contribution in [1.82, 2.24) is 4.98 Å². The molecule has 0 radical (unpaired) electrons. The number of carbonyl (C=O) groups excluding carboxylic acids is 1. The average Bonchev–Trinajstić information content (AvgIpc) is 3.13. The number of hydrogen-bond donors (Lipinski definition) is 2. The maximum Gasteiger partial charge on any atom is 0.255 e. The van der Waals surface area contributed by atoms with E-state index in [4.69, 9.17) is 9.47 Å². The summed E-state index contributed by atoms with van der Waals surface area (Å²) in [5, 5.41) is 5.28. The number of aromatic nitrogens is 1. The molecule has 0 unspecified atom stereocenters. The van der Waals surface area contributed by atoms with Gasteiger partial charge in [-0.25, -0.2) is 13.8 Å². The SMILES string of the molecule is O=C(Nc1ccc2c(c1)OCO2)c1ccnc(Nc2c(F)cccc2F)c1. The summed E-state index contributed by atoms with van der Waals surface area (Å²) in [5.74, 6) is -0.639. The molecule has 0 fully saturated rings. The van der Waals surface area contributed by atoms with E-state index in [0.29, 0.717) is 17.2 Å². The number of amides is 1. The Labute approximate surface area is 152 Å². The van der Waals surface area contributed by atoms with Crippen LogP contribution < -0.4 is 20.1 Å². The third-order valence-corrected chi connectivity index (χ3v) is 3.87. The van der Waals surface area contributed by atoms with Gasteiger partial charge in [0.15, 0.2) is 11.5 Å². The highest BCUT2D eigenvalue weighted by Gasteiger charge is 2.15. The molecule has 8 heteroatoms. The Bertz CT molecular complexity index is 1010. The standard InChI is InChI=1S/C19H13F2N3O3/c20-13-2-1-3-14(21)18(13)24-17-8-11(6-7-22-17)19(25)23-12-4-5-15-16(9-12)27-10-26-15/h1-9H,10H2,(H,22,24)(H,23,25). The first-order chi connectivity index (χ1) is 13.1. The zero-order valence-electron chi connectivity index (χ0n) is 13.8.